The van der Waals surface area contributed by atoms with E-state index in [-0.39, 0.29) is 24.7 Å². The number of rotatable bonds is 5. The number of nitrogens with two attached hydrogens (primary N) is 1. The summed E-state index contributed by atoms with van der Waals surface area (Å²) in [7, 11) is 0. The van der Waals surface area contributed by atoms with E-state index in [2.05, 4.69) is 10.1 Å². The van der Waals surface area contributed by atoms with Crippen molar-refractivity contribution in [3.63, 3.8) is 0 Å². The normalized spacial score (nSPS) is 15.9. The summed E-state index contributed by atoms with van der Waals surface area (Å²) >= 11 is 0. The van der Waals surface area contributed by atoms with Gasteiger partial charge >= 0.3 is 0 Å². The molecule has 0 radical (unpaired) electrons. The summed E-state index contributed by atoms with van der Waals surface area (Å²) in [5.41, 5.74) is 5.78. The molecule has 0 unspecified atom stereocenters. The van der Waals surface area contributed by atoms with Crippen LogP contribution in [0, 0.1) is 10.1 Å². The summed E-state index contributed by atoms with van der Waals surface area (Å²) in [6, 6.07) is 5.80. The van der Waals surface area contributed by atoms with Gasteiger partial charge in [0.15, 0.2) is 12.4 Å². The second kappa shape index (κ2) is 6.93. The fraction of sp³-hybridized carbons (Fsp3) is 0.429. The molecule has 0 atom stereocenters. The zero-order chi connectivity index (χ0) is 15.6. The zero-order valence-corrected chi connectivity index (χ0v) is 13.1. The molecule has 0 bridgehead atoms. The van der Waals surface area contributed by atoms with E-state index in [0.717, 1.165) is 25.7 Å². The fourth-order valence-corrected chi connectivity index (χ4v) is 2.55. The van der Waals surface area contributed by atoms with Crippen molar-refractivity contribution in [2.45, 2.75) is 37.8 Å². The molecule has 1 saturated carbocycles. The Morgan fingerprint density at radius 2 is 1.96 bits per heavy atom. The molecule has 9 heteroatoms. The Bertz CT molecular complexity index is 668. The summed E-state index contributed by atoms with van der Waals surface area (Å²) in [5.74, 6) is 1.35. The van der Waals surface area contributed by atoms with E-state index in [1.165, 1.54) is 24.3 Å². The minimum atomic E-state index is -0.491. The predicted octanol–water partition coefficient (Wildman–Crippen LogP) is 2.71. The topological polar surface area (TPSA) is 117 Å². The van der Waals surface area contributed by atoms with Gasteiger partial charge in [-0.2, -0.15) is 4.98 Å². The minimum Gasteiger partial charge on any atom is -0.484 e. The number of hydrogen-bond donors (Lipinski definition) is 1. The highest BCUT2D eigenvalue weighted by molar-refractivity contribution is 5.85. The van der Waals surface area contributed by atoms with Crippen molar-refractivity contribution in [2.75, 3.05) is 0 Å². The maximum absolute atomic E-state index is 10.6. The zero-order valence-electron chi connectivity index (χ0n) is 12.3. The third kappa shape index (κ3) is 3.77. The van der Waals surface area contributed by atoms with Crippen LogP contribution < -0.4 is 10.5 Å². The summed E-state index contributed by atoms with van der Waals surface area (Å²) < 4.78 is 10.6. The van der Waals surface area contributed by atoms with Crippen LogP contribution in [0.5, 0.6) is 5.75 Å². The number of nitrogens with zero attached hydrogens (tertiary/aromatic N) is 3. The van der Waals surface area contributed by atoms with Crippen LogP contribution in [0.2, 0.25) is 0 Å². The summed E-state index contributed by atoms with van der Waals surface area (Å²) in [5, 5.41) is 14.5. The van der Waals surface area contributed by atoms with Crippen molar-refractivity contribution in [1.82, 2.24) is 10.1 Å². The molecule has 1 aromatic carbocycles. The molecule has 0 saturated heterocycles. The monoisotopic (exact) mass is 340 g/mol. The highest BCUT2D eigenvalue weighted by Crippen LogP contribution is 2.34. The number of benzene rings is 1. The average Bonchev–Trinajstić information content (AvgIpc) is 3.15. The van der Waals surface area contributed by atoms with E-state index in [4.69, 9.17) is 15.0 Å². The smallest absolute Gasteiger partial charge is 0.269 e. The number of nitro groups is 1. The molecule has 2 aromatic rings. The fourth-order valence-electron chi connectivity index (χ4n) is 2.55. The van der Waals surface area contributed by atoms with Gasteiger partial charge in [-0.05, 0) is 25.0 Å². The molecule has 1 aromatic heterocycles. The second-order valence-electron chi connectivity index (χ2n) is 5.41. The van der Waals surface area contributed by atoms with Crippen LogP contribution in [-0.4, -0.2) is 15.1 Å². The molecule has 2 N–H and O–H groups in total. The number of hydrogen-bond acceptors (Lipinski definition) is 7. The summed E-state index contributed by atoms with van der Waals surface area (Å²) in [6.45, 7) is 0.0981. The first-order chi connectivity index (χ1) is 10.6. The van der Waals surface area contributed by atoms with Crippen LogP contribution >= 0.6 is 12.4 Å². The van der Waals surface area contributed by atoms with E-state index in [9.17, 15) is 10.1 Å². The Hall–Kier alpha value is -2.19. The maximum Gasteiger partial charge on any atom is 0.269 e. The first-order valence-corrected chi connectivity index (χ1v) is 7.06. The van der Waals surface area contributed by atoms with Gasteiger partial charge in [-0.25, -0.2) is 0 Å². The van der Waals surface area contributed by atoms with Gasteiger partial charge in [0.1, 0.15) is 5.75 Å². The van der Waals surface area contributed by atoms with Crippen molar-refractivity contribution in [3.05, 3.63) is 46.1 Å². The Morgan fingerprint density at radius 1 is 1.30 bits per heavy atom. The van der Waals surface area contributed by atoms with Crippen molar-refractivity contribution < 1.29 is 14.2 Å². The SMILES string of the molecule is Cl.NC1(c2noc(COc3ccc([N+](=O)[O-])cc3)n2)CCCC1. The quantitative estimate of drug-likeness (QED) is 0.656. The van der Waals surface area contributed by atoms with Gasteiger partial charge in [-0.1, -0.05) is 18.0 Å². The van der Waals surface area contributed by atoms with E-state index < -0.39 is 10.5 Å². The van der Waals surface area contributed by atoms with Gasteiger partial charge in [0.05, 0.1) is 10.5 Å². The van der Waals surface area contributed by atoms with Gasteiger partial charge < -0.3 is 15.0 Å². The standard InChI is InChI=1S/C14H16N4O4.ClH/c15-14(7-1-2-8-14)13-16-12(22-17-13)9-21-11-5-3-10(4-6-11)18(19)20;/h3-6H,1-2,7-9,15H2;1H. The van der Waals surface area contributed by atoms with Crippen molar-refractivity contribution in [1.29, 1.82) is 0 Å². The minimum absolute atomic E-state index is 0. The predicted molar refractivity (Wildman–Crippen MR) is 83.3 cm³/mol. The number of nitro benzene ring substituents is 1. The number of ether oxygens (including phenoxy) is 1. The highest BCUT2D eigenvalue weighted by atomic mass is 35.5. The lowest BCUT2D eigenvalue weighted by molar-refractivity contribution is -0.384. The van der Waals surface area contributed by atoms with Crippen molar-refractivity contribution >= 4 is 18.1 Å². The molecule has 0 amide bonds. The Kier molecular flexibility index (Phi) is 5.17. The first kappa shape index (κ1) is 17.2. The largest absolute Gasteiger partial charge is 0.484 e. The first-order valence-electron chi connectivity index (χ1n) is 7.06. The molecular formula is C14H17ClN4O4. The molecule has 3 rings (SSSR count). The van der Waals surface area contributed by atoms with Gasteiger partial charge in [0.25, 0.3) is 11.6 Å². The van der Waals surface area contributed by atoms with Crippen LogP contribution in [-0.2, 0) is 12.1 Å². The second-order valence-corrected chi connectivity index (χ2v) is 5.41. The van der Waals surface area contributed by atoms with Crippen LogP contribution in [0.4, 0.5) is 5.69 Å². The molecule has 0 spiro atoms. The molecule has 124 valence electrons. The molecular weight excluding hydrogens is 324 g/mol. The van der Waals surface area contributed by atoms with E-state index >= 15 is 0 Å². The van der Waals surface area contributed by atoms with E-state index in [0.29, 0.717) is 17.5 Å². The number of aromatic nitrogens is 2. The van der Waals surface area contributed by atoms with Crippen LogP contribution in [0.25, 0.3) is 0 Å². The third-order valence-electron chi connectivity index (χ3n) is 3.82. The average molecular weight is 341 g/mol. The molecule has 1 aliphatic rings. The van der Waals surface area contributed by atoms with Crippen molar-refractivity contribution in [2.24, 2.45) is 5.73 Å². The Labute approximate surface area is 138 Å². The van der Waals surface area contributed by atoms with Gasteiger partial charge in [0.2, 0.25) is 0 Å². The van der Waals surface area contributed by atoms with E-state index in [1.807, 2.05) is 0 Å². The lowest BCUT2D eigenvalue weighted by atomic mass is 9.99. The Balaban J connectivity index is 0.00000192. The Morgan fingerprint density at radius 3 is 2.57 bits per heavy atom. The van der Waals surface area contributed by atoms with Crippen LogP contribution in [0.3, 0.4) is 0 Å². The molecule has 8 nitrogen and oxygen atoms in total. The van der Waals surface area contributed by atoms with Crippen molar-refractivity contribution in [3.8, 4) is 5.75 Å². The van der Waals surface area contributed by atoms with Gasteiger partial charge in [-0.3, -0.25) is 10.1 Å². The van der Waals surface area contributed by atoms with Crippen LogP contribution in [0.1, 0.15) is 37.4 Å². The van der Waals surface area contributed by atoms with Crippen LogP contribution in [0.15, 0.2) is 28.8 Å². The molecule has 1 aliphatic carbocycles. The lowest BCUT2D eigenvalue weighted by Gasteiger charge is -2.17. The third-order valence-corrected chi connectivity index (χ3v) is 3.82. The van der Waals surface area contributed by atoms with Gasteiger partial charge in [0, 0.05) is 12.1 Å². The lowest BCUT2D eigenvalue weighted by Crippen LogP contribution is -2.34. The summed E-state index contributed by atoms with van der Waals surface area (Å²) in [4.78, 5) is 14.4. The molecule has 1 fully saturated rings. The molecule has 0 aliphatic heterocycles. The number of non-ortho nitro benzene ring substituents is 1. The molecule has 23 heavy (non-hydrogen) atoms. The summed E-state index contributed by atoms with van der Waals surface area (Å²) in [6.07, 6.45) is 3.85. The van der Waals surface area contributed by atoms with Gasteiger partial charge in [-0.15, -0.1) is 12.4 Å². The maximum atomic E-state index is 10.6. The molecule has 1 heterocycles. The highest BCUT2D eigenvalue weighted by Gasteiger charge is 2.35. The number of halogens is 1. The van der Waals surface area contributed by atoms with E-state index in [1.54, 1.807) is 0 Å².